The molecule has 0 aliphatic carbocycles. The van der Waals surface area contributed by atoms with Crippen LogP contribution >= 0.6 is 11.3 Å². The number of hydrogen-bond donors (Lipinski definition) is 0. The standard InChI is InChI=1S/C8H8BF3N3S.K/c1-2-15-6(3-4-14-15)8-13-5-7(16-8)9(10,11)12;/h3-5H,2H2,1H3;/q-1;+1. The van der Waals surface area contributed by atoms with Gasteiger partial charge in [-0.05, 0) is 17.8 Å². The largest absolute Gasteiger partial charge is 1.00 e. The summed E-state index contributed by atoms with van der Waals surface area (Å²) in [5.74, 6) is 0. The van der Waals surface area contributed by atoms with Crippen LogP contribution in [-0.2, 0) is 6.54 Å². The molecule has 2 rings (SSSR count). The first-order valence-corrected chi connectivity index (χ1v) is 5.52. The van der Waals surface area contributed by atoms with Gasteiger partial charge in [0, 0.05) is 18.9 Å². The molecule has 9 heteroatoms. The molecular weight excluding hydrogens is 277 g/mol. The van der Waals surface area contributed by atoms with Crippen molar-refractivity contribution in [1.29, 1.82) is 0 Å². The third-order valence-electron chi connectivity index (χ3n) is 2.08. The van der Waals surface area contributed by atoms with Crippen molar-refractivity contribution in [2.75, 3.05) is 0 Å². The molecule has 0 saturated carbocycles. The minimum Gasteiger partial charge on any atom is -0.444 e. The van der Waals surface area contributed by atoms with E-state index in [9.17, 15) is 12.9 Å². The second-order valence-electron chi connectivity index (χ2n) is 3.17. The maximum Gasteiger partial charge on any atom is 1.00 e. The Kier molecular flexibility index (Phi) is 5.42. The zero-order chi connectivity index (χ0) is 11.8. The van der Waals surface area contributed by atoms with Gasteiger partial charge in [-0.2, -0.15) is 16.4 Å². The van der Waals surface area contributed by atoms with Gasteiger partial charge in [0.05, 0.1) is 5.69 Å². The fourth-order valence-corrected chi connectivity index (χ4v) is 2.17. The van der Waals surface area contributed by atoms with Crippen LogP contribution in [0.15, 0.2) is 18.5 Å². The smallest absolute Gasteiger partial charge is 0.444 e. The first kappa shape index (κ1) is 15.4. The molecule has 0 bridgehead atoms. The van der Waals surface area contributed by atoms with Crippen LogP contribution in [0.5, 0.6) is 0 Å². The van der Waals surface area contributed by atoms with Crippen molar-refractivity contribution in [3.8, 4) is 10.7 Å². The third-order valence-corrected chi connectivity index (χ3v) is 3.20. The van der Waals surface area contributed by atoms with Crippen LogP contribution in [0, 0.1) is 0 Å². The van der Waals surface area contributed by atoms with E-state index in [1.807, 2.05) is 6.92 Å². The van der Waals surface area contributed by atoms with E-state index in [1.165, 1.54) is 0 Å². The van der Waals surface area contributed by atoms with E-state index in [2.05, 4.69) is 10.1 Å². The maximum atomic E-state index is 12.4. The summed E-state index contributed by atoms with van der Waals surface area (Å²) in [6.07, 6.45) is 2.44. The number of nitrogens with zero attached hydrogens (tertiary/aromatic N) is 3. The molecule has 0 unspecified atom stereocenters. The van der Waals surface area contributed by atoms with E-state index < -0.39 is 11.8 Å². The number of hydrogen-bond acceptors (Lipinski definition) is 3. The van der Waals surface area contributed by atoms with E-state index in [-0.39, 0.29) is 51.4 Å². The maximum absolute atomic E-state index is 12.4. The summed E-state index contributed by atoms with van der Waals surface area (Å²) in [6, 6.07) is 1.66. The molecule has 3 nitrogen and oxygen atoms in total. The van der Waals surface area contributed by atoms with Crippen LogP contribution in [0.2, 0.25) is 0 Å². The Morgan fingerprint density at radius 3 is 2.65 bits per heavy atom. The normalized spacial score (nSPS) is 11.3. The van der Waals surface area contributed by atoms with Crippen LogP contribution in [0.4, 0.5) is 12.9 Å². The Morgan fingerprint density at radius 2 is 2.12 bits per heavy atom. The van der Waals surface area contributed by atoms with E-state index in [4.69, 9.17) is 0 Å². The molecular formula is C8H8BF3KN3S. The molecule has 2 aromatic heterocycles. The fourth-order valence-electron chi connectivity index (χ4n) is 1.32. The van der Waals surface area contributed by atoms with E-state index in [0.717, 1.165) is 6.20 Å². The van der Waals surface area contributed by atoms with Gasteiger partial charge in [0.15, 0.2) is 0 Å². The molecule has 0 aromatic carbocycles. The minimum absolute atomic E-state index is 0. The second kappa shape index (κ2) is 5.98. The molecule has 0 N–H and O–H groups in total. The molecule has 0 atom stereocenters. The van der Waals surface area contributed by atoms with Crippen molar-refractivity contribution in [2.45, 2.75) is 13.5 Å². The Bertz CT molecular complexity index is 496. The van der Waals surface area contributed by atoms with Crippen molar-refractivity contribution in [3.05, 3.63) is 18.5 Å². The van der Waals surface area contributed by atoms with Gasteiger partial charge in [-0.25, -0.2) is 4.98 Å². The SMILES string of the molecule is CCn1nccc1-c1ncc([B-](F)(F)F)s1.[K+]. The summed E-state index contributed by atoms with van der Waals surface area (Å²) >= 11 is 0.658. The van der Waals surface area contributed by atoms with Gasteiger partial charge in [0.2, 0.25) is 0 Å². The summed E-state index contributed by atoms with van der Waals surface area (Å²) < 4.78 is 38.3. The molecule has 0 radical (unpaired) electrons. The molecule has 0 amide bonds. The van der Waals surface area contributed by atoms with Crippen LogP contribution in [-0.4, -0.2) is 21.7 Å². The number of halogens is 3. The summed E-state index contributed by atoms with van der Waals surface area (Å²) in [6.45, 7) is -2.48. The van der Waals surface area contributed by atoms with Crippen LogP contribution in [0.1, 0.15) is 6.92 Å². The Labute approximate surface area is 143 Å². The molecule has 2 heterocycles. The molecule has 0 saturated heterocycles. The van der Waals surface area contributed by atoms with Crippen molar-refractivity contribution in [1.82, 2.24) is 14.8 Å². The average Bonchev–Trinajstić information content (AvgIpc) is 2.84. The summed E-state index contributed by atoms with van der Waals surface area (Å²) in [7, 11) is 0. The Morgan fingerprint density at radius 1 is 1.41 bits per heavy atom. The van der Waals surface area contributed by atoms with Crippen molar-refractivity contribution in [2.24, 2.45) is 0 Å². The third kappa shape index (κ3) is 3.42. The van der Waals surface area contributed by atoms with Crippen LogP contribution in [0.3, 0.4) is 0 Å². The number of thiazole rings is 1. The number of aromatic nitrogens is 3. The van der Waals surface area contributed by atoms with Crippen molar-refractivity contribution >= 4 is 23.1 Å². The van der Waals surface area contributed by atoms with Gasteiger partial charge in [-0.3, -0.25) is 4.68 Å². The quantitative estimate of drug-likeness (QED) is 0.683. The van der Waals surface area contributed by atoms with Gasteiger partial charge in [0.25, 0.3) is 0 Å². The van der Waals surface area contributed by atoms with Gasteiger partial charge >= 0.3 is 58.4 Å². The monoisotopic (exact) mass is 285 g/mol. The van der Waals surface area contributed by atoms with Gasteiger partial charge in [-0.1, -0.05) is 0 Å². The van der Waals surface area contributed by atoms with Crippen molar-refractivity contribution in [3.63, 3.8) is 0 Å². The number of rotatable bonds is 3. The second-order valence-corrected chi connectivity index (χ2v) is 4.24. The van der Waals surface area contributed by atoms with Gasteiger partial charge in [0.1, 0.15) is 5.01 Å². The minimum atomic E-state index is -4.96. The first-order chi connectivity index (χ1) is 7.52. The topological polar surface area (TPSA) is 30.7 Å². The summed E-state index contributed by atoms with van der Waals surface area (Å²) in [5.41, 5.74) is 0.624. The molecule has 2 aromatic rings. The fraction of sp³-hybridized carbons (Fsp3) is 0.250. The Hall–Kier alpha value is 0.331. The molecule has 86 valence electrons. The predicted molar refractivity (Wildman–Crippen MR) is 57.7 cm³/mol. The van der Waals surface area contributed by atoms with Gasteiger partial charge in [-0.15, -0.1) is 0 Å². The first-order valence-electron chi connectivity index (χ1n) is 4.70. The summed E-state index contributed by atoms with van der Waals surface area (Å²) in [4.78, 5) is 3.79. The summed E-state index contributed by atoms with van der Waals surface area (Å²) in [5, 5.41) is 4.34. The molecule has 0 spiro atoms. The van der Waals surface area contributed by atoms with E-state index in [0.29, 0.717) is 28.6 Å². The molecule has 0 aliphatic heterocycles. The van der Waals surface area contributed by atoms with Crippen LogP contribution in [0.25, 0.3) is 10.7 Å². The van der Waals surface area contributed by atoms with Crippen molar-refractivity contribution < 1.29 is 64.3 Å². The molecule has 17 heavy (non-hydrogen) atoms. The molecule has 0 fully saturated rings. The Balaban J connectivity index is 0.00000144. The number of aryl methyl sites for hydroxylation is 1. The average molecular weight is 285 g/mol. The predicted octanol–water partition coefficient (Wildman–Crippen LogP) is -0.915. The van der Waals surface area contributed by atoms with E-state index in [1.54, 1.807) is 16.9 Å². The zero-order valence-electron chi connectivity index (χ0n) is 9.40. The van der Waals surface area contributed by atoms with Gasteiger partial charge < -0.3 is 12.9 Å². The van der Waals surface area contributed by atoms with E-state index >= 15 is 0 Å². The molecule has 0 aliphatic rings. The zero-order valence-corrected chi connectivity index (χ0v) is 13.3. The van der Waals surface area contributed by atoms with Crippen LogP contribution < -0.4 is 56.2 Å².